The number of aliphatic imine (C=N–C) groups is 1. The number of halogens is 5. The fourth-order valence-corrected chi connectivity index (χ4v) is 3.82. The number of methoxy groups -OCH3 is 2. The minimum absolute atomic E-state index is 0. The molecule has 1 atom stereocenters. The molecule has 2 aliphatic rings. The van der Waals surface area contributed by atoms with Crippen LogP contribution in [0, 0.1) is 5.82 Å². The van der Waals surface area contributed by atoms with Gasteiger partial charge in [0, 0.05) is 18.6 Å². The smallest absolute Gasteiger partial charge is 0.416 e. The van der Waals surface area contributed by atoms with Gasteiger partial charge in [-0.05, 0) is 23.3 Å². The maximum Gasteiger partial charge on any atom is 0.416 e. The topological polar surface area (TPSA) is 78.1 Å². The van der Waals surface area contributed by atoms with Gasteiger partial charge in [-0.15, -0.1) is 12.4 Å². The first-order valence-corrected chi connectivity index (χ1v) is 9.32. The fraction of sp³-hybridized carbons (Fsp3) is 0.286. The lowest BCUT2D eigenvalue weighted by atomic mass is 9.89. The summed E-state index contributed by atoms with van der Waals surface area (Å²) in [6.45, 7) is 0.179. The van der Waals surface area contributed by atoms with E-state index in [1.807, 2.05) is 0 Å². The highest BCUT2D eigenvalue weighted by molar-refractivity contribution is 5.94. The van der Waals surface area contributed by atoms with Crippen LogP contribution in [0.2, 0.25) is 0 Å². The molecule has 2 aliphatic heterocycles. The van der Waals surface area contributed by atoms with Crippen LogP contribution in [0.15, 0.2) is 40.9 Å². The van der Waals surface area contributed by atoms with E-state index < -0.39 is 23.6 Å². The number of hydrogen-bond acceptors (Lipinski definition) is 6. The Balaban J connectivity index is 0.00000289. The fourth-order valence-electron chi connectivity index (χ4n) is 3.82. The van der Waals surface area contributed by atoms with Gasteiger partial charge in [-0.25, -0.2) is 9.38 Å². The number of nitrogens with one attached hydrogen (secondary N) is 1. The maximum absolute atomic E-state index is 13.7. The van der Waals surface area contributed by atoms with E-state index in [2.05, 4.69) is 10.3 Å². The van der Waals surface area contributed by atoms with Crippen molar-refractivity contribution in [3.8, 4) is 17.2 Å². The molecule has 4 rings (SSSR count). The zero-order valence-electron chi connectivity index (χ0n) is 17.0. The number of guanidine groups is 1. The molecule has 0 fully saturated rings. The molecule has 0 spiro atoms. The van der Waals surface area contributed by atoms with Crippen LogP contribution in [0.3, 0.4) is 0 Å². The molecular weight excluding hydrogens is 454 g/mol. The van der Waals surface area contributed by atoms with Crippen LogP contribution in [-0.4, -0.2) is 26.8 Å². The van der Waals surface area contributed by atoms with Gasteiger partial charge in [0.1, 0.15) is 29.1 Å². The van der Waals surface area contributed by atoms with Crippen molar-refractivity contribution in [1.82, 2.24) is 5.32 Å². The summed E-state index contributed by atoms with van der Waals surface area (Å²) in [7, 11) is 2.95. The number of nitrogens with two attached hydrogens (primary N) is 1. The Bertz CT molecular complexity index is 1100. The highest BCUT2D eigenvalue weighted by Crippen LogP contribution is 2.47. The van der Waals surface area contributed by atoms with Gasteiger partial charge in [0.05, 0.1) is 37.7 Å². The van der Waals surface area contributed by atoms with E-state index in [0.717, 1.165) is 12.1 Å². The van der Waals surface area contributed by atoms with Gasteiger partial charge in [0.25, 0.3) is 0 Å². The van der Waals surface area contributed by atoms with E-state index in [9.17, 15) is 17.6 Å². The number of nitrogens with zero attached hydrogens (tertiary/aromatic N) is 1. The third-order valence-corrected chi connectivity index (χ3v) is 5.16. The molecule has 0 saturated carbocycles. The second-order valence-electron chi connectivity index (χ2n) is 6.97. The molecule has 2 heterocycles. The SMILES string of the molecule is COc1cc(OC)c2c(c1)OCCC1=C2NC(N)=NC1c1ccc(F)cc1C(F)(F)F.Cl. The van der Waals surface area contributed by atoms with E-state index >= 15 is 0 Å². The van der Waals surface area contributed by atoms with Gasteiger partial charge < -0.3 is 25.3 Å². The van der Waals surface area contributed by atoms with Gasteiger partial charge in [0.15, 0.2) is 5.96 Å². The van der Waals surface area contributed by atoms with Crippen LogP contribution < -0.4 is 25.3 Å². The van der Waals surface area contributed by atoms with E-state index in [4.69, 9.17) is 19.9 Å². The first-order valence-electron chi connectivity index (χ1n) is 9.32. The van der Waals surface area contributed by atoms with Crippen molar-refractivity contribution < 1.29 is 31.8 Å². The first-order chi connectivity index (χ1) is 14.7. The molecule has 0 aromatic heterocycles. The Kier molecular flexibility index (Phi) is 6.45. The largest absolute Gasteiger partial charge is 0.496 e. The van der Waals surface area contributed by atoms with E-state index in [0.29, 0.717) is 40.1 Å². The first kappa shape index (κ1) is 23.5. The average molecular weight is 474 g/mol. The Labute approximate surface area is 187 Å². The molecular formula is C21H20ClF4N3O3. The summed E-state index contributed by atoms with van der Waals surface area (Å²) in [6, 6.07) is 4.75. The number of fused-ring (bicyclic) bond motifs is 2. The lowest BCUT2D eigenvalue weighted by Gasteiger charge is -2.28. The number of rotatable bonds is 3. The summed E-state index contributed by atoms with van der Waals surface area (Å²) in [6.07, 6.45) is -4.50. The van der Waals surface area contributed by atoms with Crippen LogP contribution in [0.25, 0.3) is 5.70 Å². The lowest BCUT2D eigenvalue weighted by Crippen LogP contribution is -2.36. The van der Waals surface area contributed by atoms with Crippen molar-refractivity contribution in [1.29, 1.82) is 0 Å². The number of ether oxygens (including phenoxy) is 3. The van der Waals surface area contributed by atoms with Gasteiger partial charge in [0.2, 0.25) is 0 Å². The molecule has 11 heteroatoms. The number of hydrogen-bond donors (Lipinski definition) is 2. The molecule has 0 bridgehead atoms. The summed E-state index contributed by atoms with van der Waals surface area (Å²) < 4.78 is 71.3. The second kappa shape index (κ2) is 8.78. The van der Waals surface area contributed by atoms with Crippen LogP contribution in [0.4, 0.5) is 17.6 Å². The minimum Gasteiger partial charge on any atom is -0.496 e. The summed E-state index contributed by atoms with van der Waals surface area (Å²) in [5.41, 5.74) is 6.13. The normalized spacial score (nSPS) is 17.6. The van der Waals surface area contributed by atoms with Crippen LogP contribution in [-0.2, 0) is 6.18 Å². The highest BCUT2D eigenvalue weighted by atomic mass is 35.5. The molecule has 3 N–H and O–H groups in total. The van der Waals surface area contributed by atoms with Crippen molar-refractivity contribution in [2.45, 2.75) is 18.6 Å². The van der Waals surface area contributed by atoms with Gasteiger partial charge in [-0.3, -0.25) is 0 Å². The Morgan fingerprint density at radius 3 is 2.56 bits per heavy atom. The van der Waals surface area contributed by atoms with Crippen LogP contribution >= 0.6 is 12.4 Å². The Morgan fingerprint density at radius 2 is 1.91 bits per heavy atom. The highest BCUT2D eigenvalue weighted by Gasteiger charge is 2.39. The standard InChI is InChI=1S/C21H19F4N3O3.ClH/c1-29-11-8-15(30-2)17-16(9-11)31-6-5-13-18(27-20(26)28-19(13)17)12-4-3-10(22)7-14(12)21(23,24)25;/h3-4,7-9,18H,5-6H2,1-2H3,(H3,26,27,28);1H. The van der Waals surface area contributed by atoms with Crippen molar-refractivity contribution in [2.24, 2.45) is 10.7 Å². The molecule has 6 nitrogen and oxygen atoms in total. The second-order valence-corrected chi connectivity index (χ2v) is 6.97. The Morgan fingerprint density at radius 1 is 1.16 bits per heavy atom. The summed E-state index contributed by atoms with van der Waals surface area (Å²) >= 11 is 0. The van der Waals surface area contributed by atoms with Crippen molar-refractivity contribution in [3.63, 3.8) is 0 Å². The molecule has 32 heavy (non-hydrogen) atoms. The molecule has 0 saturated heterocycles. The van der Waals surface area contributed by atoms with E-state index in [1.165, 1.54) is 14.2 Å². The van der Waals surface area contributed by atoms with E-state index in [1.54, 1.807) is 12.1 Å². The summed E-state index contributed by atoms with van der Waals surface area (Å²) in [5, 5.41) is 2.95. The third kappa shape index (κ3) is 4.14. The van der Waals surface area contributed by atoms with Gasteiger partial charge in [-0.1, -0.05) is 6.07 Å². The van der Waals surface area contributed by atoms with Crippen molar-refractivity contribution in [2.75, 3.05) is 20.8 Å². The average Bonchev–Trinajstić information content (AvgIpc) is 2.91. The Hall–Kier alpha value is -3.14. The van der Waals surface area contributed by atoms with Crippen molar-refractivity contribution in [3.05, 3.63) is 58.4 Å². The maximum atomic E-state index is 13.7. The lowest BCUT2D eigenvalue weighted by molar-refractivity contribution is -0.138. The van der Waals surface area contributed by atoms with Gasteiger partial charge in [-0.2, -0.15) is 13.2 Å². The molecule has 0 radical (unpaired) electrons. The monoisotopic (exact) mass is 473 g/mol. The molecule has 0 amide bonds. The minimum atomic E-state index is -4.77. The van der Waals surface area contributed by atoms with Gasteiger partial charge >= 0.3 is 6.18 Å². The molecule has 2 aromatic carbocycles. The quantitative estimate of drug-likeness (QED) is 0.645. The van der Waals surface area contributed by atoms with E-state index in [-0.39, 0.29) is 37.0 Å². The summed E-state index contributed by atoms with van der Waals surface area (Å²) in [4.78, 5) is 4.23. The molecule has 1 unspecified atom stereocenters. The van der Waals surface area contributed by atoms with Crippen molar-refractivity contribution >= 4 is 24.1 Å². The summed E-state index contributed by atoms with van der Waals surface area (Å²) in [5.74, 6) is 0.245. The zero-order chi connectivity index (χ0) is 22.3. The predicted octanol–water partition coefficient (Wildman–Crippen LogP) is 4.44. The predicted molar refractivity (Wildman–Crippen MR) is 113 cm³/mol. The van der Waals surface area contributed by atoms with Crippen LogP contribution in [0.1, 0.15) is 29.2 Å². The zero-order valence-corrected chi connectivity index (χ0v) is 17.9. The number of benzene rings is 2. The molecule has 2 aromatic rings. The molecule has 0 aliphatic carbocycles. The van der Waals surface area contributed by atoms with Crippen LogP contribution in [0.5, 0.6) is 17.2 Å². The number of alkyl halides is 3. The molecule has 172 valence electrons. The third-order valence-electron chi connectivity index (χ3n) is 5.16.